The van der Waals surface area contributed by atoms with Crippen LogP contribution in [0.4, 0.5) is 5.69 Å². The van der Waals surface area contributed by atoms with Gasteiger partial charge < -0.3 is 5.73 Å². The number of nitrogens with zero attached hydrogens (tertiary/aromatic N) is 1. The molecule has 0 aliphatic heterocycles. The second kappa shape index (κ2) is 6.41. The normalized spacial score (nSPS) is 11.8. The minimum atomic E-state index is 0.553. The third kappa shape index (κ3) is 5.09. The van der Waals surface area contributed by atoms with E-state index < -0.39 is 0 Å². The Hall–Kier alpha value is -0.540. The van der Waals surface area contributed by atoms with Crippen molar-refractivity contribution >= 4 is 21.6 Å². The highest BCUT2D eigenvalue weighted by molar-refractivity contribution is 9.10. The molecule has 96 valence electrons. The molecule has 0 heterocycles. The summed E-state index contributed by atoms with van der Waals surface area (Å²) in [5.41, 5.74) is 7.96. The molecule has 0 saturated heterocycles. The van der Waals surface area contributed by atoms with Crippen molar-refractivity contribution in [1.29, 1.82) is 0 Å². The minimum absolute atomic E-state index is 0.553. The van der Waals surface area contributed by atoms with Gasteiger partial charge in [-0.1, -0.05) is 29.8 Å². The summed E-state index contributed by atoms with van der Waals surface area (Å²) < 4.78 is 1.06. The molecule has 0 aromatic heterocycles. The lowest BCUT2D eigenvalue weighted by Crippen LogP contribution is -2.33. The van der Waals surface area contributed by atoms with E-state index in [2.05, 4.69) is 60.7 Å². The van der Waals surface area contributed by atoms with Gasteiger partial charge in [-0.2, -0.15) is 0 Å². The third-order valence-corrected chi connectivity index (χ3v) is 3.15. The zero-order chi connectivity index (χ0) is 13.0. The monoisotopic (exact) mass is 298 g/mol. The van der Waals surface area contributed by atoms with Crippen LogP contribution in [0.2, 0.25) is 0 Å². The molecule has 1 aromatic rings. The van der Waals surface area contributed by atoms with Gasteiger partial charge in [0, 0.05) is 29.3 Å². The summed E-state index contributed by atoms with van der Waals surface area (Å²) in [6.45, 7) is 11.1. The average Bonchev–Trinajstić information content (AvgIpc) is 2.13. The maximum absolute atomic E-state index is 5.86. The van der Waals surface area contributed by atoms with Crippen LogP contribution < -0.4 is 5.73 Å². The third-order valence-electron chi connectivity index (χ3n) is 2.70. The van der Waals surface area contributed by atoms with Gasteiger partial charge >= 0.3 is 0 Å². The van der Waals surface area contributed by atoms with Crippen molar-refractivity contribution in [3.05, 3.63) is 28.2 Å². The van der Waals surface area contributed by atoms with Gasteiger partial charge in [0.25, 0.3) is 0 Å². The highest BCUT2D eigenvalue weighted by Gasteiger charge is 2.12. The predicted molar refractivity (Wildman–Crippen MR) is 78.9 cm³/mol. The molecule has 0 atom stereocenters. The summed E-state index contributed by atoms with van der Waals surface area (Å²) in [6, 6.07) is 6.69. The second-order valence-electron chi connectivity index (χ2n) is 5.31. The fourth-order valence-electron chi connectivity index (χ4n) is 1.93. The number of rotatable bonds is 5. The van der Waals surface area contributed by atoms with Crippen molar-refractivity contribution in [3.8, 4) is 0 Å². The number of nitrogen functional groups attached to an aromatic ring is 1. The molecule has 1 rings (SSSR count). The van der Waals surface area contributed by atoms with E-state index in [1.54, 1.807) is 0 Å². The Bertz CT molecular complexity index is 341. The number of nitrogens with two attached hydrogens (primary N) is 1. The van der Waals surface area contributed by atoms with Crippen molar-refractivity contribution in [2.75, 3.05) is 12.3 Å². The quantitative estimate of drug-likeness (QED) is 0.836. The van der Waals surface area contributed by atoms with E-state index in [1.807, 2.05) is 6.07 Å². The molecule has 0 spiro atoms. The van der Waals surface area contributed by atoms with Gasteiger partial charge in [-0.3, -0.25) is 4.90 Å². The number of hydrogen-bond donors (Lipinski definition) is 1. The van der Waals surface area contributed by atoms with Crippen molar-refractivity contribution in [2.24, 2.45) is 5.92 Å². The lowest BCUT2D eigenvalue weighted by molar-refractivity contribution is 0.189. The summed E-state index contributed by atoms with van der Waals surface area (Å²) in [5.74, 6) is 0.682. The Morgan fingerprint density at radius 2 is 1.82 bits per heavy atom. The molecule has 0 amide bonds. The smallest absolute Gasteiger partial charge is 0.0328 e. The molecule has 2 nitrogen and oxygen atoms in total. The fraction of sp³-hybridized carbons (Fsp3) is 0.571. The number of anilines is 1. The molecule has 17 heavy (non-hydrogen) atoms. The first-order chi connectivity index (χ1) is 7.88. The lowest BCUT2D eigenvalue weighted by Gasteiger charge is -2.28. The second-order valence-corrected chi connectivity index (χ2v) is 6.23. The van der Waals surface area contributed by atoms with Crippen LogP contribution in [0.15, 0.2) is 22.7 Å². The standard InChI is InChI=1S/C14H23BrN2/c1-10(2)8-17(11(3)4)9-12-5-13(15)7-14(16)6-12/h5-7,10-11H,8-9,16H2,1-4H3. The lowest BCUT2D eigenvalue weighted by atomic mass is 10.1. The topological polar surface area (TPSA) is 29.3 Å². The van der Waals surface area contributed by atoms with Crippen LogP contribution in [-0.2, 0) is 6.54 Å². The van der Waals surface area contributed by atoms with Gasteiger partial charge in [-0.05, 0) is 43.5 Å². The van der Waals surface area contributed by atoms with Gasteiger partial charge in [0.2, 0.25) is 0 Å². The molecule has 1 aromatic carbocycles. The largest absolute Gasteiger partial charge is 0.399 e. The highest BCUT2D eigenvalue weighted by atomic mass is 79.9. The van der Waals surface area contributed by atoms with E-state index in [-0.39, 0.29) is 0 Å². The molecule has 0 unspecified atom stereocenters. The molecular formula is C14H23BrN2. The average molecular weight is 299 g/mol. The van der Waals surface area contributed by atoms with Crippen molar-refractivity contribution < 1.29 is 0 Å². The molecule has 0 saturated carbocycles. The van der Waals surface area contributed by atoms with E-state index >= 15 is 0 Å². The van der Waals surface area contributed by atoms with Gasteiger partial charge in [-0.15, -0.1) is 0 Å². The summed E-state index contributed by atoms with van der Waals surface area (Å²) >= 11 is 3.49. The van der Waals surface area contributed by atoms with Gasteiger partial charge in [-0.25, -0.2) is 0 Å². The zero-order valence-corrected chi connectivity index (χ0v) is 12.8. The molecule has 0 aliphatic carbocycles. The Labute approximate surface area is 113 Å². The Kier molecular flexibility index (Phi) is 5.47. The van der Waals surface area contributed by atoms with E-state index in [1.165, 1.54) is 5.56 Å². The number of benzene rings is 1. The summed E-state index contributed by atoms with van der Waals surface area (Å²) in [7, 11) is 0. The van der Waals surface area contributed by atoms with E-state index in [0.717, 1.165) is 23.2 Å². The van der Waals surface area contributed by atoms with Gasteiger partial charge in [0.15, 0.2) is 0 Å². The van der Waals surface area contributed by atoms with Crippen molar-refractivity contribution in [2.45, 2.75) is 40.3 Å². The van der Waals surface area contributed by atoms with Crippen LogP contribution in [0, 0.1) is 5.92 Å². The molecule has 3 heteroatoms. The van der Waals surface area contributed by atoms with Crippen molar-refractivity contribution in [3.63, 3.8) is 0 Å². The van der Waals surface area contributed by atoms with E-state index in [0.29, 0.717) is 12.0 Å². The first kappa shape index (κ1) is 14.5. The van der Waals surface area contributed by atoms with Gasteiger partial charge in [0.05, 0.1) is 0 Å². The molecule has 0 radical (unpaired) electrons. The van der Waals surface area contributed by atoms with Crippen LogP contribution in [-0.4, -0.2) is 17.5 Å². The molecule has 0 aliphatic rings. The number of halogens is 1. The van der Waals surface area contributed by atoms with E-state index in [4.69, 9.17) is 5.73 Å². The maximum atomic E-state index is 5.86. The first-order valence-electron chi connectivity index (χ1n) is 6.17. The molecule has 0 bridgehead atoms. The van der Waals surface area contributed by atoms with Crippen LogP contribution in [0.1, 0.15) is 33.3 Å². The molecule has 0 fully saturated rings. The van der Waals surface area contributed by atoms with Crippen LogP contribution >= 0.6 is 15.9 Å². The zero-order valence-electron chi connectivity index (χ0n) is 11.2. The summed E-state index contributed by atoms with van der Waals surface area (Å²) in [6.07, 6.45) is 0. The molecular weight excluding hydrogens is 276 g/mol. The Morgan fingerprint density at radius 3 is 2.29 bits per heavy atom. The Morgan fingerprint density at radius 1 is 1.18 bits per heavy atom. The van der Waals surface area contributed by atoms with Crippen LogP contribution in [0.3, 0.4) is 0 Å². The first-order valence-corrected chi connectivity index (χ1v) is 6.96. The van der Waals surface area contributed by atoms with Crippen molar-refractivity contribution in [1.82, 2.24) is 4.90 Å². The van der Waals surface area contributed by atoms with Crippen LogP contribution in [0.25, 0.3) is 0 Å². The predicted octanol–water partition coefficient (Wildman–Crippen LogP) is 3.90. The Balaban J connectivity index is 2.78. The van der Waals surface area contributed by atoms with E-state index in [9.17, 15) is 0 Å². The fourth-order valence-corrected chi connectivity index (χ4v) is 2.49. The van der Waals surface area contributed by atoms with Gasteiger partial charge in [0.1, 0.15) is 0 Å². The number of hydrogen-bond acceptors (Lipinski definition) is 2. The SMILES string of the molecule is CC(C)CN(Cc1cc(N)cc(Br)c1)C(C)C. The summed E-state index contributed by atoms with van der Waals surface area (Å²) in [4.78, 5) is 2.48. The minimum Gasteiger partial charge on any atom is -0.399 e. The maximum Gasteiger partial charge on any atom is 0.0328 e. The highest BCUT2D eigenvalue weighted by Crippen LogP contribution is 2.19. The summed E-state index contributed by atoms with van der Waals surface area (Å²) in [5, 5.41) is 0. The van der Waals surface area contributed by atoms with Crippen LogP contribution in [0.5, 0.6) is 0 Å². The molecule has 2 N–H and O–H groups in total.